The predicted molar refractivity (Wildman–Crippen MR) is 89.0 cm³/mol. The topological polar surface area (TPSA) is 36.9 Å². The van der Waals surface area contributed by atoms with Crippen LogP contribution in [0.4, 0.5) is 17.6 Å². The van der Waals surface area contributed by atoms with Gasteiger partial charge in [-0.05, 0) is 48.0 Å². The van der Waals surface area contributed by atoms with Gasteiger partial charge >= 0.3 is 6.18 Å². The van der Waals surface area contributed by atoms with Gasteiger partial charge in [0, 0.05) is 5.56 Å². The molecule has 1 heterocycles. The van der Waals surface area contributed by atoms with E-state index in [2.05, 4.69) is 0 Å². The summed E-state index contributed by atoms with van der Waals surface area (Å²) in [5.41, 5.74) is 0.241. The van der Waals surface area contributed by atoms with Crippen molar-refractivity contribution in [3.63, 3.8) is 0 Å². The Morgan fingerprint density at radius 3 is 2.35 bits per heavy atom. The number of rotatable bonds is 3. The van der Waals surface area contributed by atoms with E-state index in [4.69, 9.17) is 4.42 Å². The molecule has 0 radical (unpaired) electrons. The number of hydrogen-bond donors (Lipinski definition) is 0. The molecule has 0 bridgehead atoms. The molecule has 0 atom stereocenters. The van der Waals surface area contributed by atoms with Gasteiger partial charge in [-0.15, -0.1) is 0 Å². The van der Waals surface area contributed by atoms with E-state index in [-0.39, 0.29) is 5.57 Å². The summed E-state index contributed by atoms with van der Waals surface area (Å²) < 4.78 is 56.7. The van der Waals surface area contributed by atoms with Gasteiger partial charge < -0.3 is 4.42 Å². The highest BCUT2D eigenvalue weighted by molar-refractivity contribution is 5.88. The van der Waals surface area contributed by atoms with E-state index >= 15 is 0 Å². The van der Waals surface area contributed by atoms with Crippen molar-refractivity contribution in [1.29, 1.82) is 5.26 Å². The van der Waals surface area contributed by atoms with Crippen molar-refractivity contribution in [2.24, 2.45) is 0 Å². The normalized spacial score (nSPS) is 12.0. The maximum absolute atomic E-state index is 13.3. The summed E-state index contributed by atoms with van der Waals surface area (Å²) >= 11 is 0. The van der Waals surface area contributed by atoms with Crippen LogP contribution in [-0.4, -0.2) is 0 Å². The predicted octanol–water partition coefficient (Wildman–Crippen LogP) is 6.17. The summed E-state index contributed by atoms with van der Waals surface area (Å²) in [6.07, 6.45) is -3.01. The van der Waals surface area contributed by atoms with E-state index in [1.54, 1.807) is 24.3 Å². The SMILES string of the molecule is N#C/C(=C/c1ccc(-c2cccc(F)c2)o1)c1ccc(C(F)(F)F)cc1. The molecular weight excluding hydrogens is 346 g/mol. The van der Waals surface area contributed by atoms with Gasteiger partial charge in [-0.3, -0.25) is 0 Å². The van der Waals surface area contributed by atoms with E-state index in [0.29, 0.717) is 22.6 Å². The Balaban J connectivity index is 1.89. The molecule has 0 fully saturated rings. The number of hydrogen-bond acceptors (Lipinski definition) is 2. The van der Waals surface area contributed by atoms with Gasteiger partial charge in [-0.1, -0.05) is 24.3 Å². The molecular formula is C20H11F4NO. The summed E-state index contributed by atoms with van der Waals surface area (Å²) in [5.74, 6) is 0.347. The Morgan fingerprint density at radius 1 is 1.00 bits per heavy atom. The highest BCUT2D eigenvalue weighted by Crippen LogP contribution is 2.31. The second kappa shape index (κ2) is 6.89. The third kappa shape index (κ3) is 3.83. The maximum atomic E-state index is 13.3. The molecule has 0 aliphatic rings. The summed E-state index contributed by atoms with van der Waals surface area (Å²) in [4.78, 5) is 0. The van der Waals surface area contributed by atoms with Crippen LogP contribution in [0.5, 0.6) is 0 Å². The Bertz CT molecular complexity index is 992. The van der Waals surface area contributed by atoms with Gasteiger partial charge in [0.2, 0.25) is 0 Å². The Morgan fingerprint density at radius 2 is 1.73 bits per heavy atom. The molecule has 3 rings (SSSR count). The van der Waals surface area contributed by atoms with Crippen LogP contribution in [0.15, 0.2) is 65.1 Å². The summed E-state index contributed by atoms with van der Waals surface area (Å²) in [7, 11) is 0. The second-order valence-corrected chi connectivity index (χ2v) is 5.46. The van der Waals surface area contributed by atoms with Crippen molar-refractivity contribution in [2.75, 3.05) is 0 Å². The minimum Gasteiger partial charge on any atom is -0.457 e. The number of allylic oxidation sites excluding steroid dienone is 1. The zero-order chi connectivity index (χ0) is 18.7. The fourth-order valence-electron chi connectivity index (χ4n) is 2.39. The summed E-state index contributed by atoms with van der Waals surface area (Å²) in [6, 6.07) is 15.3. The fourth-order valence-corrected chi connectivity index (χ4v) is 2.39. The van der Waals surface area contributed by atoms with Crippen molar-refractivity contribution >= 4 is 11.6 Å². The molecule has 0 saturated heterocycles. The molecule has 0 saturated carbocycles. The van der Waals surface area contributed by atoms with Gasteiger partial charge in [0.1, 0.15) is 17.3 Å². The molecule has 0 N–H and O–H groups in total. The lowest BCUT2D eigenvalue weighted by molar-refractivity contribution is -0.137. The Hall–Kier alpha value is -3.33. The van der Waals surface area contributed by atoms with Gasteiger partial charge in [-0.2, -0.15) is 18.4 Å². The Labute approximate surface area is 146 Å². The van der Waals surface area contributed by atoms with Gasteiger partial charge in [0.15, 0.2) is 0 Å². The molecule has 130 valence electrons. The zero-order valence-corrected chi connectivity index (χ0v) is 13.2. The first-order chi connectivity index (χ1) is 12.4. The number of nitrogens with zero attached hydrogens (tertiary/aromatic N) is 1. The summed E-state index contributed by atoms with van der Waals surface area (Å²) in [5, 5.41) is 9.30. The quantitative estimate of drug-likeness (QED) is 0.415. The molecule has 2 nitrogen and oxygen atoms in total. The van der Waals surface area contributed by atoms with Crippen molar-refractivity contribution in [1.82, 2.24) is 0 Å². The van der Waals surface area contributed by atoms with E-state index in [1.807, 2.05) is 6.07 Å². The first-order valence-electron chi connectivity index (χ1n) is 7.52. The van der Waals surface area contributed by atoms with Crippen molar-refractivity contribution < 1.29 is 22.0 Å². The second-order valence-electron chi connectivity index (χ2n) is 5.46. The summed E-state index contributed by atoms with van der Waals surface area (Å²) in [6.45, 7) is 0. The number of furan rings is 1. The molecule has 0 aliphatic carbocycles. The van der Waals surface area contributed by atoms with Crippen LogP contribution in [0.3, 0.4) is 0 Å². The van der Waals surface area contributed by atoms with Crippen LogP contribution in [-0.2, 0) is 6.18 Å². The third-order valence-electron chi connectivity index (χ3n) is 3.67. The average molecular weight is 357 g/mol. The molecule has 3 aromatic rings. The lowest BCUT2D eigenvalue weighted by Crippen LogP contribution is -2.04. The third-order valence-corrected chi connectivity index (χ3v) is 3.67. The van der Waals surface area contributed by atoms with Crippen LogP contribution in [0.2, 0.25) is 0 Å². The van der Waals surface area contributed by atoms with Gasteiger partial charge in [-0.25, -0.2) is 4.39 Å². The molecule has 0 aliphatic heterocycles. The number of alkyl halides is 3. The average Bonchev–Trinajstić information content (AvgIpc) is 3.08. The van der Waals surface area contributed by atoms with E-state index in [0.717, 1.165) is 12.1 Å². The molecule has 6 heteroatoms. The van der Waals surface area contributed by atoms with Crippen LogP contribution >= 0.6 is 0 Å². The largest absolute Gasteiger partial charge is 0.457 e. The number of nitriles is 1. The lowest BCUT2D eigenvalue weighted by atomic mass is 10.0. The highest BCUT2D eigenvalue weighted by Gasteiger charge is 2.30. The maximum Gasteiger partial charge on any atom is 0.416 e. The van der Waals surface area contributed by atoms with Crippen molar-refractivity contribution in [2.45, 2.75) is 6.18 Å². The first-order valence-corrected chi connectivity index (χ1v) is 7.52. The van der Waals surface area contributed by atoms with E-state index < -0.39 is 17.6 Å². The molecule has 0 unspecified atom stereocenters. The Kier molecular flexibility index (Phi) is 4.63. The van der Waals surface area contributed by atoms with Crippen LogP contribution < -0.4 is 0 Å². The molecule has 2 aromatic carbocycles. The lowest BCUT2D eigenvalue weighted by Gasteiger charge is -2.07. The van der Waals surface area contributed by atoms with Gasteiger partial charge in [0.25, 0.3) is 0 Å². The minimum absolute atomic E-state index is 0.152. The monoisotopic (exact) mass is 357 g/mol. The molecule has 1 aromatic heterocycles. The fraction of sp³-hybridized carbons (Fsp3) is 0.0500. The smallest absolute Gasteiger partial charge is 0.416 e. The van der Waals surface area contributed by atoms with Crippen molar-refractivity contribution in [3.05, 3.63) is 83.4 Å². The van der Waals surface area contributed by atoms with E-state index in [1.165, 1.54) is 30.3 Å². The molecule has 0 spiro atoms. The van der Waals surface area contributed by atoms with Crippen LogP contribution in [0, 0.1) is 17.1 Å². The standard InChI is InChI=1S/C20H11F4NO/c21-17-3-1-2-14(10-17)19-9-8-18(26-19)11-15(12-25)13-4-6-16(7-5-13)20(22,23)24/h1-11H/b15-11-. The van der Waals surface area contributed by atoms with Crippen LogP contribution in [0.25, 0.3) is 23.0 Å². The van der Waals surface area contributed by atoms with E-state index in [9.17, 15) is 22.8 Å². The number of benzene rings is 2. The van der Waals surface area contributed by atoms with Crippen molar-refractivity contribution in [3.8, 4) is 17.4 Å². The minimum atomic E-state index is -4.43. The first kappa shape index (κ1) is 17.5. The zero-order valence-electron chi connectivity index (χ0n) is 13.2. The molecule has 26 heavy (non-hydrogen) atoms. The highest BCUT2D eigenvalue weighted by atomic mass is 19.4. The number of halogens is 4. The van der Waals surface area contributed by atoms with Crippen LogP contribution in [0.1, 0.15) is 16.9 Å². The van der Waals surface area contributed by atoms with Gasteiger partial charge in [0.05, 0.1) is 17.2 Å². The molecule has 0 amide bonds.